The molecule has 0 spiro atoms. The molecular weight excluding hydrogens is 224 g/mol. The van der Waals surface area contributed by atoms with Crippen molar-refractivity contribution in [3.8, 4) is 0 Å². The van der Waals surface area contributed by atoms with Crippen LogP contribution in [0.15, 0.2) is 11.6 Å². The van der Waals surface area contributed by atoms with Gasteiger partial charge in [-0.15, -0.1) is 0 Å². The van der Waals surface area contributed by atoms with Crippen molar-refractivity contribution in [2.24, 2.45) is 17.3 Å². The minimum Gasteiger partial charge on any atom is -0.0843 e. The molecule has 2 fully saturated rings. The molecule has 0 aromatic carbocycles. The van der Waals surface area contributed by atoms with Crippen molar-refractivity contribution < 1.29 is 0 Å². The average Bonchev–Trinajstić information content (AvgIpc) is 2.07. The first kappa shape index (κ1) is 8.52. The van der Waals surface area contributed by atoms with Gasteiger partial charge in [-0.1, -0.05) is 41.4 Å². The lowest BCUT2D eigenvalue weighted by molar-refractivity contribution is 0.272. The summed E-state index contributed by atoms with van der Waals surface area (Å²) < 4.78 is 0.522. The molecule has 3 aliphatic carbocycles. The predicted octanol–water partition coefficient (Wildman–Crippen LogP) is 3.91. The van der Waals surface area contributed by atoms with E-state index in [-0.39, 0.29) is 0 Å². The topological polar surface area (TPSA) is 0 Å². The Hall–Kier alpha value is 0.220. The Bertz CT molecular complexity index is 293. The first-order valence-electron chi connectivity index (χ1n) is 5.40. The van der Waals surface area contributed by atoms with Gasteiger partial charge in [0.2, 0.25) is 0 Å². The third kappa shape index (κ3) is 1.03. The van der Waals surface area contributed by atoms with E-state index in [0.29, 0.717) is 9.74 Å². The molecule has 13 heavy (non-hydrogen) atoms. The molecular formula is C12H17Br. The Balaban J connectivity index is 2.04. The molecule has 0 N–H and O–H groups in total. The van der Waals surface area contributed by atoms with Gasteiger partial charge in [0, 0.05) is 4.32 Å². The third-order valence-corrected chi connectivity index (χ3v) is 5.41. The first-order chi connectivity index (χ1) is 6.01. The highest BCUT2D eigenvalue weighted by atomic mass is 79.9. The standard InChI is InChI=1S/C12H17Br/c1-8-3-9-5-12(13)7-11(2,4-8)6-10(9)12/h3,8,10H,4-7H2,1-2H3. The maximum atomic E-state index is 3.96. The third-order valence-electron chi connectivity index (χ3n) is 4.30. The molecule has 0 radical (unpaired) electrons. The summed E-state index contributed by atoms with van der Waals surface area (Å²) in [4.78, 5) is 0. The molecule has 0 aromatic heterocycles. The van der Waals surface area contributed by atoms with E-state index < -0.39 is 0 Å². The molecule has 2 saturated carbocycles. The van der Waals surface area contributed by atoms with Gasteiger partial charge in [-0.3, -0.25) is 0 Å². The molecule has 0 nitrogen and oxygen atoms in total. The fraction of sp³-hybridized carbons (Fsp3) is 0.833. The fourth-order valence-corrected chi connectivity index (χ4v) is 5.55. The van der Waals surface area contributed by atoms with Crippen LogP contribution in [-0.4, -0.2) is 4.32 Å². The maximum Gasteiger partial charge on any atom is 0.0365 e. The zero-order valence-electron chi connectivity index (χ0n) is 8.44. The molecule has 0 amide bonds. The molecule has 0 saturated heterocycles. The van der Waals surface area contributed by atoms with Crippen LogP contribution in [0.3, 0.4) is 0 Å². The van der Waals surface area contributed by atoms with Crippen LogP contribution in [0, 0.1) is 17.3 Å². The Labute approximate surface area is 88.9 Å². The van der Waals surface area contributed by atoms with Gasteiger partial charge in [-0.2, -0.15) is 0 Å². The van der Waals surface area contributed by atoms with Crippen LogP contribution in [0.25, 0.3) is 0 Å². The zero-order chi connectivity index (χ0) is 9.27. The lowest BCUT2D eigenvalue weighted by Crippen LogP contribution is -2.40. The largest absolute Gasteiger partial charge is 0.0843 e. The van der Waals surface area contributed by atoms with Gasteiger partial charge in [0.25, 0.3) is 0 Å². The van der Waals surface area contributed by atoms with Crippen molar-refractivity contribution in [1.29, 1.82) is 0 Å². The summed E-state index contributed by atoms with van der Waals surface area (Å²) in [5.74, 6) is 1.71. The molecule has 4 unspecified atom stereocenters. The second-order valence-corrected chi connectivity index (χ2v) is 7.46. The smallest absolute Gasteiger partial charge is 0.0365 e. The van der Waals surface area contributed by atoms with Crippen molar-refractivity contribution >= 4 is 15.9 Å². The summed E-state index contributed by atoms with van der Waals surface area (Å²) in [5, 5.41) is 0. The number of allylic oxidation sites excluding steroid dienone is 2. The van der Waals surface area contributed by atoms with E-state index in [1.165, 1.54) is 25.7 Å². The van der Waals surface area contributed by atoms with E-state index in [1.54, 1.807) is 5.57 Å². The van der Waals surface area contributed by atoms with E-state index in [1.807, 2.05) is 0 Å². The second kappa shape index (κ2) is 2.24. The molecule has 2 bridgehead atoms. The first-order valence-corrected chi connectivity index (χ1v) is 6.20. The molecule has 3 aliphatic rings. The van der Waals surface area contributed by atoms with Crippen molar-refractivity contribution in [1.82, 2.24) is 0 Å². The predicted molar refractivity (Wildman–Crippen MR) is 59.0 cm³/mol. The van der Waals surface area contributed by atoms with E-state index in [2.05, 4.69) is 35.9 Å². The average molecular weight is 241 g/mol. The summed E-state index contributed by atoms with van der Waals surface area (Å²) >= 11 is 3.96. The van der Waals surface area contributed by atoms with Crippen molar-refractivity contribution in [2.45, 2.75) is 43.9 Å². The van der Waals surface area contributed by atoms with Crippen LogP contribution < -0.4 is 0 Å². The Morgan fingerprint density at radius 2 is 2.23 bits per heavy atom. The van der Waals surface area contributed by atoms with Crippen LogP contribution in [0.5, 0.6) is 0 Å². The quantitative estimate of drug-likeness (QED) is 0.445. The van der Waals surface area contributed by atoms with E-state index >= 15 is 0 Å². The van der Waals surface area contributed by atoms with Gasteiger partial charge >= 0.3 is 0 Å². The van der Waals surface area contributed by atoms with Crippen LogP contribution in [0.4, 0.5) is 0 Å². The Kier molecular flexibility index (Phi) is 1.47. The number of halogens is 1. The van der Waals surface area contributed by atoms with Gasteiger partial charge in [0.1, 0.15) is 0 Å². The lowest BCUT2D eigenvalue weighted by atomic mass is 9.69. The van der Waals surface area contributed by atoms with Crippen molar-refractivity contribution in [2.75, 3.05) is 0 Å². The van der Waals surface area contributed by atoms with Gasteiger partial charge in [-0.05, 0) is 42.9 Å². The van der Waals surface area contributed by atoms with Gasteiger partial charge in [-0.25, -0.2) is 0 Å². The molecule has 0 aliphatic heterocycles. The summed E-state index contributed by atoms with van der Waals surface area (Å²) in [6.07, 6.45) is 8.13. The van der Waals surface area contributed by atoms with E-state index in [0.717, 1.165) is 11.8 Å². The lowest BCUT2D eigenvalue weighted by Gasteiger charge is -2.44. The molecule has 3 rings (SSSR count). The minimum absolute atomic E-state index is 0.522. The van der Waals surface area contributed by atoms with Crippen molar-refractivity contribution in [3.05, 3.63) is 11.6 Å². The molecule has 0 aromatic rings. The molecule has 4 atom stereocenters. The highest BCUT2D eigenvalue weighted by Crippen LogP contribution is 2.67. The van der Waals surface area contributed by atoms with E-state index in [4.69, 9.17) is 0 Å². The zero-order valence-corrected chi connectivity index (χ0v) is 10.0. The highest BCUT2D eigenvalue weighted by molar-refractivity contribution is 9.10. The van der Waals surface area contributed by atoms with Crippen LogP contribution >= 0.6 is 15.9 Å². The van der Waals surface area contributed by atoms with Gasteiger partial charge in [0.05, 0.1) is 0 Å². The van der Waals surface area contributed by atoms with Crippen LogP contribution in [0.2, 0.25) is 0 Å². The minimum atomic E-state index is 0.522. The Morgan fingerprint density at radius 3 is 3.00 bits per heavy atom. The number of rotatable bonds is 0. The second-order valence-electron chi connectivity index (χ2n) is 5.88. The molecule has 0 heterocycles. The number of hydrogen-bond acceptors (Lipinski definition) is 0. The number of alkyl halides is 1. The number of fused-ring (bicyclic) bond motifs is 1. The maximum absolute atomic E-state index is 3.96. The molecule has 72 valence electrons. The summed E-state index contributed by atoms with van der Waals surface area (Å²) in [6.45, 7) is 4.87. The number of hydrogen-bond donors (Lipinski definition) is 0. The molecule has 1 heteroatoms. The summed E-state index contributed by atoms with van der Waals surface area (Å²) in [6, 6.07) is 0. The normalized spacial score (nSPS) is 58.2. The summed E-state index contributed by atoms with van der Waals surface area (Å²) in [7, 11) is 0. The monoisotopic (exact) mass is 240 g/mol. The van der Waals surface area contributed by atoms with E-state index in [9.17, 15) is 0 Å². The van der Waals surface area contributed by atoms with Crippen LogP contribution in [-0.2, 0) is 0 Å². The highest BCUT2D eigenvalue weighted by Gasteiger charge is 2.59. The van der Waals surface area contributed by atoms with Crippen LogP contribution in [0.1, 0.15) is 39.5 Å². The van der Waals surface area contributed by atoms with Gasteiger partial charge in [0.15, 0.2) is 0 Å². The fourth-order valence-electron chi connectivity index (χ4n) is 4.09. The Morgan fingerprint density at radius 1 is 1.46 bits per heavy atom. The summed E-state index contributed by atoms with van der Waals surface area (Å²) in [5.41, 5.74) is 2.38. The van der Waals surface area contributed by atoms with Crippen molar-refractivity contribution in [3.63, 3.8) is 0 Å². The SMILES string of the molecule is CC1C=C2CC3(Br)CC(C)(C1)CC23. The van der Waals surface area contributed by atoms with Gasteiger partial charge < -0.3 is 0 Å².